The highest BCUT2D eigenvalue weighted by Gasteiger charge is 2.33. The molecule has 0 unspecified atom stereocenters. The van der Waals surface area contributed by atoms with Gasteiger partial charge in [-0.15, -0.1) is 0 Å². The van der Waals surface area contributed by atoms with Crippen LogP contribution in [0.15, 0.2) is 29.9 Å². The van der Waals surface area contributed by atoms with Crippen molar-refractivity contribution in [1.82, 2.24) is 10.2 Å². The van der Waals surface area contributed by atoms with Gasteiger partial charge >= 0.3 is 0 Å². The Morgan fingerprint density at radius 3 is 2.66 bits per heavy atom. The highest BCUT2D eigenvalue weighted by molar-refractivity contribution is 5.99. The van der Waals surface area contributed by atoms with Crippen molar-refractivity contribution in [3.63, 3.8) is 0 Å². The molecule has 3 rings (SSSR count). The van der Waals surface area contributed by atoms with E-state index in [2.05, 4.69) is 36.7 Å². The molecule has 1 saturated heterocycles. The summed E-state index contributed by atoms with van der Waals surface area (Å²) in [6.07, 6.45) is 8.50. The van der Waals surface area contributed by atoms with Crippen molar-refractivity contribution >= 4 is 5.91 Å². The zero-order chi connectivity index (χ0) is 25.4. The molecule has 1 amide bonds. The van der Waals surface area contributed by atoms with E-state index >= 15 is 0 Å². The van der Waals surface area contributed by atoms with Crippen LogP contribution in [0.2, 0.25) is 0 Å². The molecule has 35 heavy (non-hydrogen) atoms. The van der Waals surface area contributed by atoms with Crippen LogP contribution in [0.5, 0.6) is 11.5 Å². The van der Waals surface area contributed by atoms with Gasteiger partial charge in [0.1, 0.15) is 11.5 Å². The lowest BCUT2D eigenvalue weighted by atomic mass is 9.73. The molecular formula is C29H44N2O4. The molecule has 1 aliphatic heterocycles. The largest absolute Gasteiger partial charge is 0.507 e. The molecule has 1 aromatic carbocycles. The number of rotatable bonds is 11. The van der Waals surface area contributed by atoms with Crippen molar-refractivity contribution < 1.29 is 19.7 Å². The van der Waals surface area contributed by atoms with Crippen LogP contribution in [0, 0.1) is 5.92 Å². The zero-order valence-electron chi connectivity index (χ0n) is 21.9. The van der Waals surface area contributed by atoms with Crippen LogP contribution >= 0.6 is 0 Å². The summed E-state index contributed by atoms with van der Waals surface area (Å²) in [6, 6.07) is 1.71. The standard InChI is InChI=1S/C29H44N2O4/c1-5-6-7-9-22-19-25(32)27(24-18-21(4)10-11-23(24)20(2)3)28(33)26(22)29(34)30-12-8-13-31-14-16-35-17-15-31/h18-19,23-24,32-33H,2,5-17H2,1,3-4H3,(H,30,34)/t23-,24+/m0/s1. The number of nitrogens with one attached hydrogen (secondary N) is 1. The van der Waals surface area contributed by atoms with E-state index < -0.39 is 0 Å². The topological polar surface area (TPSA) is 82.0 Å². The molecular weight excluding hydrogens is 440 g/mol. The second-order valence-electron chi connectivity index (χ2n) is 10.2. The maximum Gasteiger partial charge on any atom is 0.255 e. The first-order chi connectivity index (χ1) is 16.8. The molecule has 2 atom stereocenters. The van der Waals surface area contributed by atoms with Gasteiger partial charge in [-0.05, 0) is 70.0 Å². The molecule has 3 N–H and O–H groups in total. The quantitative estimate of drug-likeness (QED) is 0.293. The number of nitrogens with zero attached hydrogens (tertiary/aromatic N) is 1. The minimum Gasteiger partial charge on any atom is -0.507 e. The average molecular weight is 485 g/mol. The van der Waals surface area contributed by atoms with Crippen molar-refractivity contribution in [2.75, 3.05) is 39.4 Å². The summed E-state index contributed by atoms with van der Waals surface area (Å²) in [7, 11) is 0. The van der Waals surface area contributed by atoms with E-state index in [9.17, 15) is 15.0 Å². The van der Waals surface area contributed by atoms with Crippen LogP contribution in [0.1, 0.15) is 86.7 Å². The number of phenols is 2. The van der Waals surface area contributed by atoms with Crippen molar-refractivity contribution in [3.05, 3.63) is 46.6 Å². The summed E-state index contributed by atoms with van der Waals surface area (Å²) in [4.78, 5) is 15.7. The second-order valence-corrected chi connectivity index (χ2v) is 10.2. The minimum absolute atomic E-state index is 0.0695. The first-order valence-electron chi connectivity index (χ1n) is 13.3. The Kier molecular flexibility index (Phi) is 10.2. The van der Waals surface area contributed by atoms with E-state index in [4.69, 9.17) is 4.74 Å². The summed E-state index contributed by atoms with van der Waals surface area (Å²) in [5.41, 5.74) is 3.74. The molecule has 2 aliphatic rings. The molecule has 194 valence electrons. The van der Waals surface area contributed by atoms with Gasteiger partial charge in [-0.25, -0.2) is 0 Å². The molecule has 1 aromatic rings. The fraction of sp³-hybridized carbons (Fsp3) is 0.621. The van der Waals surface area contributed by atoms with E-state index in [1.54, 1.807) is 6.07 Å². The van der Waals surface area contributed by atoms with Crippen molar-refractivity contribution in [3.8, 4) is 11.5 Å². The number of benzene rings is 1. The smallest absolute Gasteiger partial charge is 0.255 e. The van der Waals surface area contributed by atoms with Gasteiger partial charge in [0, 0.05) is 31.1 Å². The number of hydrogen-bond acceptors (Lipinski definition) is 5. The Bertz CT molecular complexity index is 918. The number of morpholine rings is 1. The normalized spacial score (nSPS) is 20.9. The number of amides is 1. The molecule has 0 bridgehead atoms. The lowest BCUT2D eigenvalue weighted by Crippen LogP contribution is -2.38. The number of phenolic OH excluding ortho intramolecular Hbond substituents is 2. The van der Waals surface area contributed by atoms with Crippen LogP contribution in [-0.4, -0.2) is 60.4 Å². The molecule has 0 spiro atoms. The molecule has 0 aromatic heterocycles. The van der Waals surface area contributed by atoms with Gasteiger partial charge in [-0.3, -0.25) is 9.69 Å². The maximum atomic E-state index is 13.4. The number of aryl methyl sites for hydroxylation is 1. The van der Waals surface area contributed by atoms with Crippen LogP contribution in [0.3, 0.4) is 0 Å². The fourth-order valence-electron chi connectivity index (χ4n) is 5.39. The number of carbonyl (C=O) groups is 1. The Balaban J connectivity index is 1.85. The number of carbonyl (C=O) groups excluding carboxylic acids is 1. The Labute approximate surface area is 211 Å². The van der Waals surface area contributed by atoms with Crippen molar-refractivity contribution in [1.29, 1.82) is 0 Å². The second kappa shape index (κ2) is 13.1. The van der Waals surface area contributed by atoms with Gasteiger partial charge in [0.05, 0.1) is 18.8 Å². The van der Waals surface area contributed by atoms with Crippen molar-refractivity contribution in [2.24, 2.45) is 5.92 Å². The van der Waals surface area contributed by atoms with E-state index in [1.165, 1.54) is 5.57 Å². The summed E-state index contributed by atoms with van der Waals surface area (Å²) >= 11 is 0. The third-order valence-electron chi connectivity index (χ3n) is 7.43. The third-order valence-corrected chi connectivity index (χ3v) is 7.43. The van der Waals surface area contributed by atoms with E-state index in [0.29, 0.717) is 29.7 Å². The first kappa shape index (κ1) is 27.3. The number of allylic oxidation sites excluding steroid dienone is 3. The number of ether oxygens (including phenoxy) is 1. The number of hydrogen-bond donors (Lipinski definition) is 3. The van der Waals surface area contributed by atoms with Gasteiger partial charge in [-0.2, -0.15) is 0 Å². The predicted molar refractivity (Wildman–Crippen MR) is 141 cm³/mol. The van der Waals surface area contributed by atoms with Gasteiger partial charge in [0.25, 0.3) is 5.91 Å². The molecule has 1 heterocycles. The zero-order valence-corrected chi connectivity index (χ0v) is 21.9. The average Bonchev–Trinajstić information content (AvgIpc) is 2.82. The van der Waals surface area contributed by atoms with Crippen LogP contribution in [-0.2, 0) is 11.2 Å². The molecule has 0 radical (unpaired) electrons. The monoisotopic (exact) mass is 484 g/mol. The SMILES string of the molecule is C=C(C)[C@@H]1CCC(C)=C[C@H]1c1c(O)cc(CCCCC)c(C(=O)NCCCN2CCOCC2)c1O. The maximum absolute atomic E-state index is 13.4. The Morgan fingerprint density at radius 1 is 1.23 bits per heavy atom. The van der Waals surface area contributed by atoms with Crippen LogP contribution in [0.4, 0.5) is 0 Å². The van der Waals surface area contributed by atoms with Crippen molar-refractivity contribution in [2.45, 2.75) is 71.6 Å². The Hall–Kier alpha value is -2.31. The molecule has 1 aliphatic carbocycles. The van der Waals surface area contributed by atoms with E-state index in [1.807, 2.05) is 6.92 Å². The minimum atomic E-state index is -0.263. The first-order valence-corrected chi connectivity index (χ1v) is 13.3. The number of aromatic hydroxyl groups is 2. The lowest BCUT2D eigenvalue weighted by Gasteiger charge is -2.32. The van der Waals surface area contributed by atoms with E-state index in [0.717, 1.165) is 76.9 Å². The lowest BCUT2D eigenvalue weighted by molar-refractivity contribution is 0.0374. The van der Waals surface area contributed by atoms with Gasteiger partial charge in [-0.1, -0.05) is 43.6 Å². The van der Waals surface area contributed by atoms with Crippen LogP contribution < -0.4 is 5.32 Å². The summed E-state index contributed by atoms with van der Waals surface area (Å²) in [5.74, 6) is -0.352. The molecule has 6 heteroatoms. The fourth-order valence-corrected chi connectivity index (χ4v) is 5.39. The predicted octanol–water partition coefficient (Wildman–Crippen LogP) is 5.30. The molecule has 0 saturated carbocycles. The molecule has 6 nitrogen and oxygen atoms in total. The molecule has 1 fully saturated rings. The summed E-state index contributed by atoms with van der Waals surface area (Å²) in [6.45, 7) is 15.2. The van der Waals surface area contributed by atoms with Gasteiger partial charge in [0.2, 0.25) is 0 Å². The highest BCUT2D eigenvalue weighted by Crippen LogP contribution is 2.48. The summed E-state index contributed by atoms with van der Waals surface area (Å²) in [5, 5.41) is 25.6. The highest BCUT2D eigenvalue weighted by atomic mass is 16.5. The van der Waals surface area contributed by atoms with Crippen LogP contribution in [0.25, 0.3) is 0 Å². The van der Waals surface area contributed by atoms with E-state index in [-0.39, 0.29) is 29.2 Å². The van der Waals surface area contributed by atoms with Gasteiger partial charge < -0.3 is 20.3 Å². The third kappa shape index (κ3) is 7.11. The number of unbranched alkanes of at least 4 members (excludes halogenated alkanes) is 2. The summed E-state index contributed by atoms with van der Waals surface area (Å²) < 4.78 is 5.40. The Morgan fingerprint density at radius 2 is 1.97 bits per heavy atom. The van der Waals surface area contributed by atoms with Gasteiger partial charge in [0.15, 0.2) is 0 Å².